The van der Waals surface area contributed by atoms with Gasteiger partial charge in [-0.3, -0.25) is 9.59 Å². The molecule has 0 unspecified atom stereocenters. The van der Waals surface area contributed by atoms with Gasteiger partial charge in [0.2, 0.25) is 5.43 Å². The van der Waals surface area contributed by atoms with Gasteiger partial charge in [0, 0.05) is 16.2 Å². The number of hydrogen-bond acceptors (Lipinski definition) is 4. The van der Waals surface area contributed by atoms with Gasteiger partial charge in [-0.05, 0) is 37.3 Å². The van der Waals surface area contributed by atoms with Crippen LogP contribution in [-0.4, -0.2) is 28.8 Å². The van der Waals surface area contributed by atoms with E-state index in [9.17, 15) is 22.8 Å². The molecule has 0 aliphatic heterocycles. The normalized spacial score (nSPS) is 11.3. The minimum absolute atomic E-state index is 0.0689. The molecule has 1 amide bonds. The largest absolute Gasteiger partial charge is 0.492 e. The summed E-state index contributed by atoms with van der Waals surface area (Å²) in [6.07, 6.45) is -4.62. The van der Waals surface area contributed by atoms with Crippen LogP contribution >= 0.6 is 15.9 Å². The Labute approximate surface area is 183 Å². The van der Waals surface area contributed by atoms with E-state index in [1.807, 2.05) is 6.07 Å². The number of benzene rings is 2. The van der Waals surface area contributed by atoms with Crippen molar-refractivity contribution in [3.63, 3.8) is 0 Å². The van der Waals surface area contributed by atoms with Gasteiger partial charge in [-0.15, -0.1) is 0 Å². The first-order valence-electron chi connectivity index (χ1n) is 9.11. The lowest BCUT2D eigenvalue weighted by Gasteiger charge is -2.16. The van der Waals surface area contributed by atoms with Gasteiger partial charge in [-0.2, -0.15) is 18.3 Å². The van der Waals surface area contributed by atoms with Crippen LogP contribution in [0.4, 0.5) is 13.2 Å². The van der Waals surface area contributed by atoms with Gasteiger partial charge in [0.15, 0.2) is 5.69 Å². The average Bonchev–Trinajstić information content (AvgIpc) is 2.70. The number of halogens is 4. The number of aryl methyl sites for hydroxylation is 1. The number of alkyl halides is 3. The van der Waals surface area contributed by atoms with Crippen molar-refractivity contribution in [2.24, 2.45) is 0 Å². The molecule has 31 heavy (non-hydrogen) atoms. The van der Waals surface area contributed by atoms with Gasteiger partial charge >= 0.3 is 6.18 Å². The van der Waals surface area contributed by atoms with E-state index in [2.05, 4.69) is 26.3 Å². The second-order valence-electron chi connectivity index (χ2n) is 6.49. The quantitative estimate of drug-likeness (QED) is 0.521. The smallest absolute Gasteiger partial charge is 0.418 e. The number of nitrogens with one attached hydrogen (secondary N) is 1. The van der Waals surface area contributed by atoms with Crippen LogP contribution in [-0.2, 0) is 6.18 Å². The van der Waals surface area contributed by atoms with E-state index >= 15 is 0 Å². The van der Waals surface area contributed by atoms with Crippen LogP contribution in [0.3, 0.4) is 0 Å². The predicted molar refractivity (Wildman–Crippen MR) is 112 cm³/mol. The van der Waals surface area contributed by atoms with Crippen molar-refractivity contribution in [3.8, 4) is 11.4 Å². The first-order valence-corrected chi connectivity index (χ1v) is 9.90. The van der Waals surface area contributed by atoms with Crippen molar-refractivity contribution in [1.29, 1.82) is 0 Å². The Hall–Kier alpha value is -3.14. The SMILES string of the molecule is Cc1cc(=O)c(C(=O)NCCOc2cccc(Br)c2)nn1-c1ccccc1C(F)(F)F. The third kappa shape index (κ3) is 5.52. The summed E-state index contributed by atoms with van der Waals surface area (Å²) in [5.74, 6) is -0.218. The highest BCUT2D eigenvalue weighted by molar-refractivity contribution is 9.10. The predicted octanol–water partition coefficient (Wildman–Crippen LogP) is 4.13. The number of carbonyl (C=O) groups excluding carboxylic acids is 1. The van der Waals surface area contributed by atoms with Crippen molar-refractivity contribution >= 4 is 21.8 Å². The maximum atomic E-state index is 13.4. The second-order valence-corrected chi connectivity index (χ2v) is 7.40. The summed E-state index contributed by atoms with van der Waals surface area (Å²) < 4.78 is 47.4. The Morgan fingerprint density at radius 2 is 1.90 bits per heavy atom. The summed E-state index contributed by atoms with van der Waals surface area (Å²) in [6.45, 7) is 1.63. The Morgan fingerprint density at radius 1 is 1.16 bits per heavy atom. The van der Waals surface area contributed by atoms with Crippen molar-refractivity contribution in [2.75, 3.05) is 13.2 Å². The summed E-state index contributed by atoms with van der Waals surface area (Å²) in [4.78, 5) is 24.7. The number of para-hydroxylation sites is 1. The molecule has 0 spiro atoms. The Bertz CT molecular complexity index is 1160. The highest BCUT2D eigenvalue weighted by Gasteiger charge is 2.34. The summed E-state index contributed by atoms with van der Waals surface area (Å²) in [6, 6.07) is 13.0. The van der Waals surface area contributed by atoms with E-state index in [4.69, 9.17) is 4.74 Å². The Balaban J connectivity index is 1.78. The summed E-state index contributed by atoms with van der Waals surface area (Å²) >= 11 is 3.32. The first-order chi connectivity index (χ1) is 14.7. The van der Waals surface area contributed by atoms with Crippen LogP contribution in [0.5, 0.6) is 5.75 Å². The van der Waals surface area contributed by atoms with Crippen molar-refractivity contribution in [2.45, 2.75) is 13.1 Å². The minimum Gasteiger partial charge on any atom is -0.492 e. The van der Waals surface area contributed by atoms with Gasteiger partial charge in [0.1, 0.15) is 12.4 Å². The zero-order valence-corrected chi connectivity index (χ0v) is 17.8. The second kappa shape index (κ2) is 9.34. The monoisotopic (exact) mass is 495 g/mol. The van der Waals surface area contributed by atoms with E-state index in [1.165, 1.54) is 25.1 Å². The Morgan fingerprint density at radius 3 is 2.61 bits per heavy atom. The molecule has 0 aliphatic rings. The van der Waals surface area contributed by atoms with E-state index in [1.54, 1.807) is 18.2 Å². The molecule has 0 radical (unpaired) electrons. The third-order valence-corrected chi connectivity index (χ3v) is 4.71. The maximum Gasteiger partial charge on any atom is 0.418 e. The lowest BCUT2D eigenvalue weighted by atomic mass is 10.1. The first kappa shape index (κ1) is 22.5. The molecule has 0 bridgehead atoms. The van der Waals surface area contributed by atoms with Crippen LogP contribution in [0, 0.1) is 6.92 Å². The topological polar surface area (TPSA) is 73.2 Å². The van der Waals surface area contributed by atoms with Gasteiger partial charge in [0.25, 0.3) is 5.91 Å². The molecule has 1 N–H and O–H groups in total. The number of rotatable bonds is 6. The molecule has 0 atom stereocenters. The molecular weight excluding hydrogens is 479 g/mol. The van der Waals surface area contributed by atoms with Crippen LogP contribution in [0.25, 0.3) is 5.69 Å². The van der Waals surface area contributed by atoms with Crippen LogP contribution in [0.2, 0.25) is 0 Å². The molecule has 0 aliphatic carbocycles. The van der Waals surface area contributed by atoms with E-state index in [0.717, 1.165) is 21.3 Å². The minimum atomic E-state index is -4.62. The average molecular weight is 496 g/mol. The number of carbonyl (C=O) groups is 1. The molecule has 10 heteroatoms. The standard InChI is InChI=1S/C21H17BrF3N3O3/c1-13-11-18(29)19(20(30)26-9-10-31-15-6-4-5-14(22)12-15)27-28(13)17-8-3-2-7-16(17)21(23,24)25/h2-8,11-12H,9-10H2,1H3,(H,26,30). The summed E-state index contributed by atoms with van der Waals surface area (Å²) in [7, 11) is 0. The lowest BCUT2D eigenvalue weighted by molar-refractivity contribution is -0.137. The molecule has 2 aromatic carbocycles. The van der Waals surface area contributed by atoms with Crippen LogP contribution in [0.1, 0.15) is 21.7 Å². The van der Waals surface area contributed by atoms with Gasteiger partial charge in [-0.1, -0.05) is 34.1 Å². The van der Waals surface area contributed by atoms with Crippen molar-refractivity contribution < 1.29 is 22.7 Å². The highest BCUT2D eigenvalue weighted by atomic mass is 79.9. The number of aromatic nitrogens is 2. The van der Waals surface area contributed by atoms with Gasteiger partial charge in [0.05, 0.1) is 17.8 Å². The molecule has 3 rings (SSSR count). The Kier molecular flexibility index (Phi) is 6.79. The molecule has 0 saturated carbocycles. The van der Waals surface area contributed by atoms with Gasteiger partial charge < -0.3 is 10.1 Å². The molecule has 6 nitrogen and oxygen atoms in total. The molecule has 3 aromatic rings. The molecule has 1 aromatic heterocycles. The van der Waals surface area contributed by atoms with Crippen molar-refractivity contribution in [3.05, 3.63) is 86.2 Å². The van der Waals surface area contributed by atoms with Crippen LogP contribution in [0.15, 0.2) is 63.9 Å². The fourth-order valence-corrected chi connectivity index (χ4v) is 3.20. The number of hydrogen-bond donors (Lipinski definition) is 1. The van der Waals surface area contributed by atoms with Gasteiger partial charge in [-0.25, -0.2) is 4.68 Å². The fourth-order valence-electron chi connectivity index (χ4n) is 2.82. The molecular formula is C21H17BrF3N3O3. The zero-order valence-electron chi connectivity index (χ0n) is 16.2. The van der Waals surface area contributed by atoms with E-state index < -0.39 is 28.8 Å². The van der Waals surface area contributed by atoms with E-state index in [0.29, 0.717) is 5.75 Å². The molecule has 1 heterocycles. The lowest BCUT2D eigenvalue weighted by Crippen LogP contribution is -2.34. The van der Waals surface area contributed by atoms with Crippen molar-refractivity contribution in [1.82, 2.24) is 15.1 Å². The molecule has 0 saturated heterocycles. The highest BCUT2D eigenvalue weighted by Crippen LogP contribution is 2.33. The maximum absolute atomic E-state index is 13.4. The zero-order chi connectivity index (χ0) is 22.6. The van der Waals surface area contributed by atoms with E-state index in [-0.39, 0.29) is 24.5 Å². The third-order valence-electron chi connectivity index (χ3n) is 4.21. The fraction of sp³-hybridized carbons (Fsp3) is 0.190. The molecule has 162 valence electrons. The molecule has 0 fully saturated rings. The number of nitrogens with zero attached hydrogens (tertiary/aromatic N) is 2. The summed E-state index contributed by atoms with van der Waals surface area (Å²) in [5, 5.41) is 6.40. The number of ether oxygens (including phenoxy) is 1. The summed E-state index contributed by atoms with van der Waals surface area (Å²) in [5.41, 5.74) is -2.24. The van der Waals surface area contributed by atoms with Crippen LogP contribution < -0.4 is 15.5 Å². The number of amides is 1.